The van der Waals surface area contributed by atoms with Gasteiger partial charge in [0.05, 0.1) is 39.8 Å². The van der Waals surface area contributed by atoms with Gasteiger partial charge in [-0.3, -0.25) is 10.8 Å². The largest absolute Gasteiger partial charge is 0.394 e. The van der Waals surface area contributed by atoms with Gasteiger partial charge in [-0.1, -0.05) is 54.6 Å². The van der Waals surface area contributed by atoms with E-state index in [0.717, 1.165) is 11.1 Å². The molecular formula is C33H17F3N6. The Morgan fingerprint density at radius 2 is 1.43 bits per heavy atom. The molecule has 0 radical (unpaired) electrons. The Balaban J connectivity index is 1.56. The van der Waals surface area contributed by atoms with Crippen molar-refractivity contribution in [3.63, 3.8) is 0 Å². The molecule has 1 heterocycles. The first kappa shape index (κ1) is 26.2. The molecule has 1 aliphatic carbocycles. The van der Waals surface area contributed by atoms with Crippen LogP contribution in [0.15, 0.2) is 72.8 Å². The number of aromatic nitrogens is 1. The highest BCUT2D eigenvalue weighted by Crippen LogP contribution is 2.38. The molecule has 42 heavy (non-hydrogen) atoms. The van der Waals surface area contributed by atoms with E-state index >= 15 is 0 Å². The van der Waals surface area contributed by atoms with Crippen molar-refractivity contribution in [2.45, 2.75) is 0 Å². The molecule has 0 atom stereocenters. The summed E-state index contributed by atoms with van der Waals surface area (Å²) in [6, 6.07) is 22.2. The fraction of sp³-hybridized carbons (Fsp3) is 0. The smallest absolute Gasteiger partial charge is 0.169 e. The van der Waals surface area contributed by atoms with E-state index in [4.69, 9.17) is 26.8 Å². The van der Waals surface area contributed by atoms with E-state index in [2.05, 4.69) is 6.07 Å². The van der Waals surface area contributed by atoms with Gasteiger partial charge in [0.25, 0.3) is 0 Å². The number of nitrogens with one attached hydrogen (secondary N) is 2. The third-order valence-corrected chi connectivity index (χ3v) is 7.23. The number of nitrogen functional groups attached to an aromatic ring is 1. The minimum absolute atomic E-state index is 0.0120. The predicted octanol–water partition coefficient (Wildman–Crippen LogP) is 7.39. The van der Waals surface area contributed by atoms with Crippen molar-refractivity contribution in [3.05, 3.63) is 113 Å². The van der Waals surface area contributed by atoms with Crippen molar-refractivity contribution in [2.24, 2.45) is 0 Å². The van der Waals surface area contributed by atoms with Crippen molar-refractivity contribution in [3.8, 4) is 45.6 Å². The number of anilines is 1. The predicted molar refractivity (Wildman–Crippen MR) is 155 cm³/mol. The number of nitrogens with two attached hydrogens (primary N) is 1. The number of hydrogen-bond acceptors (Lipinski definition) is 6. The maximum absolute atomic E-state index is 15.0. The minimum atomic E-state index is -1.45. The Labute approximate surface area is 237 Å². The monoisotopic (exact) mass is 554 g/mol. The Morgan fingerprint density at radius 3 is 2.14 bits per heavy atom. The quantitative estimate of drug-likeness (QED) is 0.200. The van der Waals surface area contributed by atoms with Crippen LogP contribution in [0.3, 0.4) is 0 Å². The van der Waals surface area contributed by atoms with Crippen LogP contribution in [0.4, 0.5) is 18.9 Å². The number of allylic oxidation sites excluding steroid dienone is 1. The highest BCUT2D eigenvalue weighted by molar-refractivity contribution is 6.54. The third kappa shape index (κ3) is 3.92. The van der Waals surface area contributed by atoms with Crippen LogP contribution < -0.4 is 5.73 Å². The Bertz CT molecular complexity index is 2130. The summed E-state index contributed by atoms with van der Waals surface area (Å²) in [5, 5.41) is 36.3. The first-order valence-electron chi connectivity index (χ1n) is 12.5. The van der Waals surface area contributed by atoms with Gasteiger partial charge in [-0.2, -0.15) is 10.5 Å². The van der Waals surface area contributed by atoms with E-state index < -0.39 is 34.3 Å². The molecule has 6 rings (SSSR count). The molecule has 4 N–H and O–H groups in total. The first-order valence-corrected chi connectivity index (χ1v) is 12.5. The zero-order chi connectivity index (χ0) is 29.7. The van der Waals surface area contributed by atoms with Crippen LogP contribution in [-0.4, -0.2) is 16.4 Å². The molecule has 9 heteroatoms. The molecule has 0 aliphatic heterocycles. The highest BCUT2D eigenvalue weighted by Gasteiger charge is 2.26. The van der Waals surface area contributed by atoms with Crippen LogP contribution in [0.5, 0.6) is 0 Å². The highest BCUT2D eigenvalue weighted by atomic mass is 19.1. The molecule has 6 nitrogen and oxygen atoms in total. The van der Waals surface area contributed by atoms with E-state index in [1.165, 1.54) is 24.3 Å². The Kier molecular flexibility index (Phi) is 6.14. The summed E-state index contributed by atoms with van der Waals surface area (Å²) >= 11 is 0. The maximum Gasteiger partial charge on any atom is 0.169 e. The molecule has 0 saturated carbocycles. The summed E-state index contributed by atoms with van der Waals surface area (Å²) in [4.78, 5) is 4.89. The SMILES string of the molecule is N#Cc1ccccc1-c1ccc2c3c(c(-c4ccc(-c5c(F)c(N)c(F)c(C#N)c5F)cc4)nc2c1)C=CC(=N)C3=N. The summed E-state index contributed by atoms with van der Waals surface area (Å²) in [5.74, 6) is -4.11. The number of nitrogens with zero attached hydrogens (tertiary/aromatic N) is 3. The Morgan fingerprint density at radius 1 is 0.738 bits per heavy atom. The summed E-state index contributed by atoms with van der Waals surface area (Å²) in [5.41, 5.74) is 7.58. The van der Waals surface area contributed by atoms with Gasteiger partial charge < -0.3 is 5.73 Å². The Hall–Kier alpha value is -6.06. The van der Waals surface area contributed by atoms with E-state index in [1.807, 2.05) is 30.3 Å². The second-order valence-electron chi connectivity index (χ2n) is 9.56. The summed E-state index contributed by atoms with van der Waals surface area (Å²) < 4.78 is 44.0. The van der Waals surface area contributed by atoms with Crippen LogP contribution in [0.2, 0.25) is 0 Å². The molecule has 0 bridgehead atoms. The molecule has 0 spiro atoms. The number of halogens is 3. The lowest BCUT2D eigenvalue weighted by Crippen LogP contribution is -2.17. The zero-order valence-electron chi connectivity index (χ0n) is 21.6. The number of pyridine rings is 1. The molecular weight excluding hydrogens is 537 g/mol. The van der Waals surface area contributed by atoms with Gasteiger partial charge in [0.15, 0.2) is 17.5 Å². The van der Waals surface area contributed by atoms with Crippen LogP contribution in [-0.2, 0) is 0 Å². The van der Waals surface area contributed by atoms with Crippen LogP contribution >= 0.6 is 0 Å². The summed E-state index contributed by atoms with van der Waals surface area (Å²) in [7, 11) is 0. The van der Waals surface area contributed by atoms with Crippen LogP contribution in [0, 0.1) is 50.9 Å². The van der Waals surface area contributed by atoms with Crippen LogP contribution in [0.1, 0.15) is 22.3 Å². The van der Waals surface area contributed by atoms with Crippen molar-refractivity contribution < 1.29 is 13.2 Å². The van der Waals surface area contributed by atoms with E-state index in [9.17, 15) is 18.4 Å². The molecule has 0 saturated heterocycles. The lowest BCUT2D eigenvalue weighted by molar-refractivity contribution is 0.549. The molecule has 5 aromatic rings. The van der Waals surface area contributed by atoms with Gasteiger partial charge in [-0.05, 0) is 41.0 Å². The fourth-order valence-electron chi connectivity index (χ4n) is 5.15. The molecule has 4 aromatic carbocycles. The molecule has 0 unspecified atom stereocenters. The van der Waals surface area contributed by atoms with Crippen molar-refractivity contribution in [1.82, 2.24) is 4.98 Å². The maximum atomic E-state index is 15.0. The fourth-order valence-corrected chi connectivity index (χ4v) is 5.15. The zero-order valence-corrected chi connectivity index (χ0v) is 21.6. The van der Waals surface area contributed by atoms with E-state index in [1.54, 1.807) is 30.3 Å². The molecule has 200 valence electrons. The topological polar surface area (TPSA) is 134 Å². The standard InChI is InChI=1S/C33H17F3N6/c34-28-23(15-38)29(35)32(41)30(36)26(28)16-5-7-17(8-6-16)33-22-11-12-24(39)31(40)27(22)21-10-9-18(13-25(21)42-33)20-4-2-1-3-19(20)14-37/h1-13,39-40H,41H2. The number of rotatable bonds is 3. The van der Waals surface area contributed by atoms with Crippen molar-refractivity contribution in [2.75, 3.05) is 5.73 Å². The van der Waals surface area contributed by atoms with Gasteiger partial charge >= 0.3 is 0 Å². The normalized spacial score (nSPS) is 12.2. The van der Waals surface area contributed by atoms with E-state index in [-0.39, 0.29) is 17.0 Å². The average molecular weight is 555 g/mol. The lowest BCUT2D eigenvalue weighted by Gasteiger charge is -2.20. The van der Waals surface area contributed by atoms with Gasteiger partial charge in [-0.15, -0.1) is 0 Å². The number of benzene rings is 4. The van der Waals surface area contributed by atoms with Gasteiger partial charge in [0.2, 0.25) is 0 Å². The minimum Gasteiger partial charge on any atom is -0.394 e. The molecule has 0 fully saturated rings. The molecule has 0 amide bonds. The second-order valence-corrected chi connectivity index (χ2v) is 9.56. The van der Waals surface area contributed by atoms with E-state index in [0.29, 0.717) is 38.9 Å². The van der Waals surface area contributed by atoms with Crippen molar-refractivity contribution in [1.29, 1.82) is 21.3 Å². The molecule has 1 aliphatic rings. The second kappa shape index (κ2) is 9.84. The third-order valence-electron chi connectivity index (χ3n) is 7.23. The summed E-state index contributed by atoms with van der Waals surface area (Å²) in [6.07, 6.45) is 3.20. The lowest BCUT2D eigenvalue weighted by atomic mass is 9.87. The summed E-state index contributed by atoms with van der Waals surface area (Å²) in [6.45, 7) is 0. The average Bonchev–Trinajstić information content (AvgIpc) is 3.01. The number of nitriles is 2. The number of fused-ring (bicyclic) bond motifs is 3. The molecule has 1 aromatic heterocycles. The van der Waals surface area contributed by atoms with Gasteiger partial charge in [-0.25, -0.2) is 18.2 Å². The van der Waals surface area contributed by atoms with Crippen molar-refractivity contribution >= 4 is 34.1 Å². The number of hydrogen-bond donors (Lipinski definition) is 3. The van der Waals surface area contributed by atoms with Gasteiger partial charge in [0.1, 0.15) is 17.3 Å². The first-order chi connectivity index (χ1) is 20.2. The van der Waals surface area contributed by atoms with Crippen LogP contribution in [0.25, 0.3) is 50.5 Å². The van der Waals surface area contributed by atoms with Gasteiger partial charge in [0, 0.05) is 22.1 Å².